The zero-order valence-corrected chi connectivity index (χ0v) is 25.9. The van der Waals surface area contributed by atoms with E-state index < -0.39 is 33.5 Å². The quantitative estimate of drug-likeness (QED) is 0.288. The average molecular weight is 626 g/mol. The molecule has 2 aliphatic rings. The van der Waals surface area contributed by atoms with Crippen molar-refractivity contribution in [1.29, 1.82) is 0 Å². The van der Waals surface area contributed by atoms with E-state index in [0.29, 0.717) is 31.1 Å². The lowest BCUT2D eigenvalue weighted by Crippen LogP contribution is -2.57. The summed E-state index contributed by atoms with van der Waals surface area (Å²) in [5, 5.41) is 0. The Balaban J connectivity index is 1.37. The molecule has 1 amide bonds. The topological polar surface area (TPSA) is 102 Å². The zero-order chi connectivity index (χ0) is 31.3. The van der Waals surface area contributed by atoms with E-state index in [4.69, 9.17) is 10.5 Å². The normalized spacial score (nSPS) is 17.8. The van der Waals surface area contributed by atoms with Crippen LogP contribution in [0.15, 0.2) is 77.7 Å². The molecule has 1 heterocycles. The number of sulfonamides is 1. The molecule has 7 nitrogen and oxygen atoms in total. The van der Waals surface area contributed by atoms with Crippen molar-refractivity contribution in [3.05, 3.63) is 83.9 Å². The Morgan fingerprint density at radius 2 is 1.48 bits per heavy atom. The number of hydrogen-bond donors (Lipinski definition) is 2. The van der Waals surface area contributed by atoms with Crippen molar-refractivity contribution in [2.75, 3.05) is 19.7 Å². The molecule has 3 N–H and O–H groups in total. The Bertz CT molecular complexity index is 1500. The van der Waals surface area contributed by atoms with Crippen LogP contribution in [0.4, 0.5) is 8.78 Å². The van der Waals surface area contributed by atoms with Gasteiger partial charge in [0.2, 0.25) is 15.9 Å². The molecule has 2 fully saturated rings. The fourth-order valence-corrected chi connectivity index (χ4v) is 7.08. The van der Waals surface area contributed by atoms with Gasteiger partial charge in [0.25, 0.3) is 5.92 Å². The van der Waals surface area contributed by atoms with Crippen molar-refractivity contribution in [2.24, 2.45) is 11.7 Å². The molecule has 1 saturated heterocycles. The highest BCUT2D eigenvalue weighted by atomic mass is 32.2. The number of piperidine rings is 1. The molecule has 0 radical (unpaired) electrons. The molecule has 1 saturated carbocycles. The van der Waals surface area contributed by atoms with Gasteiger partial charge in [-0.1, -0.05) is 73.4 Å². The summed E-state index contributed by atoms with van der Waals surface area (Å²) in [5.41, 5.74) is 8.16. The van der Waals surface area contributed by atoms with Crippen LogP contribution in [0.2, 0.25) is 0 Å². The first kappa shape index (κ1) is 32.1. The van der Waals surface area contributed by atoms with Gasteiger partial charge in [0.1, 0.15) is 5.75 Å². The molecule has 10 heteroatoms. The first-order valence-electron chi connectivity index (χ1n) is 15.4. The van der Waals surface area contributed by atoms with Crippen LogP contribution in [0.5, 0.6) is 5.75 Å². The number of amides is 1. The number of rotatable bonds is 10. The van der Waals surface area contributed by atoms with Gasteiger partial charge in [0.15, 0.2) is 6.04 Å². The van der Waals surface area contributed by atoms with E-state index in [1.807, 2.05) is 31.2 Å². The number of alkyl halides is 2. The average Bonchev–Trinajstić information content (AvgIpc) is 3.04. The van der Waals surface area contributed by atoms with Crippen LogP contribution < -0.4 is 15.2 Å². The van der Waals surface area contributed by atoms with Crippen LogP contribution in [0.25, 0.3) is 11.1 Å². The predicted molar refractivity (Wildman–Crippen MR) is 167 cm³/mol. The fourth-order valence-electron chi connectivity index (χ4n) is 5.89. The number of halogens is 2. The maximum atomic E-state index is 16.3. The van der Waals surface area contributed by atoms with Crippen LogP contribution in [0.3, 0.4) is 0 Å². The number of carbonyl (C=O) groups is 1. The number of aryl methyl sites for hydroxylation is 1. The van der Waals surface area contributed by atoms with E-state index >= 15 is 8.78 Å². The number of ether oxygens (including phenoxy) is 1. The van der Waals surface area contributed by atoms with Crippen LogP contribution in [0, 0.1) is 12.8 Å². The van der Waals surface area contributed by atoms with Gasteiger partial charge >= 0.3 is 0 Å². The van der Waals surface area contributed by atoms with Crippen LogP contribution in [-0.4, -0.2) is 51.0 Å². The maximum Gasteiger partial charge on any atom is 0.298 e. The van der Waals surface area contributed by atoms with Gasteiger partial charge in [-0.25, -0.2) is 8.42 Å². The Hall–Kier alpha value is -3.34. The summed E-state index contributed by atoms with van der Waals surface area (Å²) < 4.78 is 67.4. The van der Waals surface area contributed by atoms with Crippen LogP contribution in [-0.2, 0) is 20.7 Å². The standard InChI is InChI=1S/C34H41F2N3O4S/c1-24-7-9-26(10-8-24)27-11-13-28(14-12-27)34(35,36)32(33(40)39-21-19-29(37)20-22-39)38-44(41,42)31-17-15-30(16-18-31)43-23-25-5-3-2-4-6-25/h7-18,25,29,32,38H,2-6,19-23,37H2,1H3/t32-/m1/s1. The molecule has 3 aromatic carbocycles. The van der Waals surface area contributed by atoms with Crippen molar-refractivity contribution in [1.82, 2.24) is 9.62 Å². The second kappa shape index (κ2) is 13.7. The van der Waals surface area contributed by atoms with Crippen LogP contribution in [0.1, 0.15) is 56.1 Å². The van der Waals surface area contributed by atoms with Gasteiger partial charge in [0.05, 0.1) is 11.5 Å². The molecule has 0 spiro atoms. The van der Waals surface area contributed by atoms with Crippen molar-refractivity contribution >= 4 is 15.9 Å². The molecule has 0 aromatic heterocycles. The smallest absolute Gasteiger partial charge is 0.298 e. The lowest BCUT2D eigenvalue weighted by molar-refractivity contribution is -0.145. The second-order valence-electron chi connectivity index (χ2n) is 12.1. The molecular weight excluding hydrogens is 584 g/mol. The minimum Gasteiger partial charge on any atom is -0.493 e. The minimum absolute atomic E-state index is 0.136. The molecule has 0 unspecified atom stereocenters. The summed E-state index contributed by atoms with van der Waals surface area (Å²) in [6, 6.07) is 16.4. The third-order valence-electron chi connectivity index (χ3n) is 8.73. The molecule has 1 atom stereocenters. The highest BCUT2D eigenvalue weighted by molar-refractivity contribution is 7.89. The Labute approximate surface area is 258 Å². The third kappa shape index (κ3) is 7.65. The third-order valence-corrected chi connectivity index (χ3v) is 10.2. The Morgan fingerprint density at radius 3 is 2.07 bits per heavy atom. The summed E-state index contributed by atoms with van der Waals surface area (Å²) in [6.07, 6.45) is 6.72. The molecular formula is C34H41F2N3O4S. The first-order valence-corrected chi connectivity index (χ1v) is 16.9. The highest BCUT2D eigenvalue weighted by Gasteiger charge is 2.50. The van der Waals surface area contributed by atoms with E-state index in [2.05, 4.69) is 4.72 Å². The number of nitrogens with two attached hydrogens (primary N) is 1. The SMILES string of the molecule is Cc1ccc(-c2ccc(C(F)(F)[C@H](NS(=O)(=O)c3ccc(OCC4CCCCC4)cc3)C(=O)N3CCC(N)CC3)cc2)cc1. The van der Waals surface area contributed by atoms with E-state index in [1.165, 1.54) is 60.6 Å². The highest BCUT2D eigenvalue weighted by Crippen LogP contribution is 2.36. The lowest BCUT2D eigenvalue weighted by Gasteiger charge is -2.35. The maximum absolute atomic E-state index is 16.3. The first-order chi connectivity index (χ1) is 21.0. The molecule has 0 bridgehead atoms. The van der Waals surface area contributed by atoms with Gasteiger partial charge in [-0.3, -0.25) is 4.79 Å². The van der Waals surface area contributed by atoms with Gasteiger partial charge in [-0.2, -0.15) is 13.5 Å². The summed E-state index contributed by atoms with van der Waals surface area (Å²) in [5.74, 6) is -3.86. The number of benzene rings is 3. The fraction of sp³-hybridized carbons (Fsp3) is 0.441. The minimum atomic E-state index is -4.51. The van der Waals surface area contributed by atoms with E-state index in [1.54, 1.807) is 12.1 Å². The Morgan fingerprint density at radius 1 is 0.909 bits per heavy atom. The summed E-state index contributed by atoms with van der Waals surface area (Å²) in [6.45, 7) is 2.86. The molecule has 236 valence electrons. The molecule has 44 heavy (non-hydrogen) atoms. The monoisotopic (exact) mass is 625 g/mol. The summed E-state index contributed by atoms with van der Waals surface area (Å²) in [7, 11) is -4.51. The molecule has 5 rings (SSSR count). The summed E-state index contributed by atoms with van der Waals surface area (Å²) in [4.78, 5) is 14.6. The van der Waals surface area contributed by atoms with E-state index in [0.717, 1.165) is 29.5 Å². The van der Waals surface area contributed by atoms with Crippen molar-refractivity contribution in [2.45, 2.75) is 74.8 Å². The van der Waals surface area contributed by atoms with Gasteiger partial charge < -0.3 is 15.4 Å². The molecule has 1 aliphatic heterocycles. The van der Waals surface area contributed by atoms with Gasteiger partial charge in [-0.05, 0) is 73.9 Å². The van der Waals surface area contributed by atoms with Crippen molar-refractivity contribution in [3.63, 3.8) is 0 Å². The zero-order valence-electron chi connectivity index (χ0n) is 25.1. The number of nitrogens with one attached hydrogen (secondary N) is 1. The van der Waals surface area contributed by atoms with Crippen LogP contribution >= 0.6 is 0 Å². The molecule has 1 aliphatic carbocycles. The van der Waals surface area contributed by atoms with E-state index in [9.17, 15) is 13.2 Å². The van der Waals surface area contributed by atoms with Gasteiger partial charge in [0, 0.05) is 24.7 Å². The predicted octanol–water partition coefficient (Wildman–Crippen LogP) is 6.01. The summed E-state index contributed by atoms with van der Waals surface area (Å²) >= 11 is 0. The number of nitrogens with zero attached hydrogens (tertiary/aromatic N) is 1. The van der Waals surface area contributed by atoms with Crippen molar-refractivity contribution < 1.29 is 26.7 Å². The van der Waals surface area contributed by atoms with Gasteiger partial charge in [-0.15, -0.1) is 0 Å². The number of likely N-dealkylation sites (tertiary alicyclic amines) is 1. The largest absolute Gasteiger partial charge is 0.493 e. The lowest BCUT2D eigenvalue weighted by atomic mass is 9.90. The van der Waals surface area contributed by atoms with E-state index in [-0.39, 0.29) is 24.0 Å². The number of carbonyl (C=O) groups excluding carboxylic acids is 1. The number of hydrogen-bond acceptors (Lipinski definition) is 5. The molecule has 3 aromatic rings. The Kier molecular flexibility index (Phi) is 10.0. The second-order valence-corrected chi connectivity index (χ2v) is 13.8. The van der Waals surface area contributed by atoms with Crippen molar-refractivity contribution in [3.8, 4) is 16.9 Å².